The number of halogens is 2. The molecule has 50 heavy (non-hydrogen) atoms. The molecule has 12 nitrogen and oxygen atoms in total. The predicted octanol–water partition coefficient (Wildman–Crippen LogP) is 4.94. The Morgan fingerprint density at radius 2 is 1.54 bits per heavy atom. The van der Waals surface area contributed by atoms with Crippen LogP contribution in [0.25, 0.3) is 5.69 Å². The zero-order valence-electron chi connectivity index (χ0n) is 28.1. The van der Waals surface area contributed by atoms with Crippen LogP contribution in [0, 0.1) is 11.6 Å². The van der Waals surface area contributed by atoms with Gasteiger partial charge in [-0.05, 0) is 67.4 Å². The molecule has 0 bridgehead atoms. The fourth-order valence-electron chi connectivity index (χ4n) is 6.72. The van der Waals surface area contributed by atoms with Crippen LogP contribution >= 0.6 is 0 Å². The number of aromatic nitrogens is 6. The molecule has 0 N–H and O–H groups in total. The van der Waals surface area contributed by atoms with Gasteiger partial charge in [-0.1, -0.05) is 19.9 Å². The average molecular weight is 687 g/mol. The van der Waals surface area contributed by atoms with Crippen LogP contribution in [0.5, 0.6) is 5.75 Å². The quantitative estimate of drug-likeness (QED) is 0.181. The van der Waals surface area contributed by atoms with E-state index in [9.17, 15) is 13.6 Å². The Kier molecular flexibility index (Phi) is 9.63. The van der Waals surface area contributed by atoms with Crippen molar-refractivity contribution in [1.29, 1.82) is 0 Å². The molecule has 4 heterocycles. The second-order valence-corrected chi connectivity index (χ2v) is 12.6. The van der Waals surface area contributed by atoms with E-state index in [1.807, 2.05) is 36.4 Å². The molecular formula is C36H40F2N8O4. The minimum atomic E-state index is -1.23. The maximum absolute atomic E-state index is 14.9. The van der Waals surface area contributed by atoms with Gasteiger partial charge in [-0.25, -0.2) is 32.5 Å². The lowest BCUT2D eigenvalue weighted by Crippen LogP contribution is -2.46. The van der Waals surface area contributed by atoms with E-state index in [0.717, 1.165) is 62.1 Å². The highest BCUT2D eigenvalue weighted by Gasteiger charge is 2.45. The van der Waals surface area contributed by atoms with Gasteiger partial charge in [0.15, 0.2) is 6.29 Å². The summed E-state index contributed by atoms with van der Waals surface area (Å²) >= 11 is 0. The van der Waals surface area contributed by atoms with Gasteiger partial charge in [-0.2, -0.15) is 10.2 Å². The van der Waals surface area contributed by atoms with E-state index in [2.05, 4.69) is 51.0 Å². The van der Waals surface area contributed by atoms with Crippen molar-refractivity contribution in [2.24, 2.45) is 0 Å². The molecule has 1 unspecified atom stereocenters. The van der Waals surface area contributed by atoms with Crippen LogP contribution in [0.1, 0.15) is 38.3 Å². The molecule has 0 amide bonds. The Balaban J connectivity index is 0.924. The van der Waals surface area contributed by atoms with E-state index in [1.54, 1.807) is 15.6 Å². The molecule has 2 fully saturated rings. The summed E-state index contributed by atoms with van der Waals surface area (Å²) in [6.07, 6.45) is 5.43. The summed E-state index contributed by atoms with van der Waals surface area (Å²) in [6, 6.07) is 19.4. The molecule has 2 atom stereocenters. The molecule has 2 saturated heterocycles. The van der Waals surface area contributed by atoms with Gasteiger partial charge >= 0.3 is 5.69 Å². The highest BCUT2D eigenvalue weighted by atomic mass is 19.1. The third kappa shape index (κ3) is 6.85. The summed E-state index contributed by atoms with van der Waals surface area (Å²) in [5.41, 5.74) is 1.84. The third-order valence-electron chi connectivity index (χ3n) is 9.51. The molecule has 5 aromatic rings. The van der Waals surface area contributed by atoms with Crippen molar-refractivity contribution in [3.8, 4) is 11.4 Å². The highest BCUT2D eigenvalue weighted by molar-refractivity contribution is 5.54. The van der Waals surface area contributed by atoms with Crippen molar-refractivity contribution in [3.63, 3.8) is 0 Å². The first kappa shape index (κ1) is 33.4. The van der Waals surface area contributed by atoms with Gasteiger partial charge in [-0.3, -0.25) is 0 Å². The lowest BCUT2D eigenvalue weighted by molar-refractivity contribution is -0.117. The summed E-state index contributed by atoms with van der Waals surface area (Å²) in [5, 5.41) is 8.49. The molecule has 0 aliphatic carbocycles. The van der Waals surface area contributed by atoms with Crippen molar-refractivity contribution >= 4 is 11.4 Å². The molecular weight excluding hydrogens is 646 g/mol. The fraction of sp³-hybridized carbons (Fsp3) is 0.389. The van der Waals surface area contributed by atoms with Gasteiger partial charge in [0.05, 0.1) is 24.9 Å². The van der Waals surface area contributed by atoms with Crippen LogP contribution in [0.15, 0.2) is 90.5 Å². The van der Waals surface area contributed by atoms with Crippen LogP contribution in [-0.4, -0.2) is 74.8 Å². The number of hydrogen-bond acceptors (Lipinski definition) is 9. The summed E-state index contributed by atoms with van der Waals surface area (Å²) in [5.74, 6) is -0.751. The second-order valence-electron chi connectivity index (χ2n) is 12.6. The van der Waals surface area contributed by atoms with Gasteiger partial charge in [-0.15, -0.1) is 0 Å². The summed E-state index contributed by atoms with van der Waals surface area (Å²) in [7, 11) is 0. The third-order valence-corrected chi connectivity index (χ3v) is 9.51. The fourth-order valence-corrected chi connectivity index (χ4v) is 6.72. The number of nitrogens with zero attached hydrogens (tertiary/aromatic N) is 8. The van der Waals surface area contributed by atoms with E-state index in [1.165, 1.54) is 29.5 Å². The van der Waals surface area contributed by atoms with Crippen molar-refractivity contribution in [3.05, 3.63) is 113 Å². The monoisotopic (exact) mass is 686 g/mol. The number of rotatable bonds is 12. The van der Waals surface area contributed by atoms with Crippen LogP contribution < -0.4 is 20.2 Å². The summed E-state index contributed by atoms with van der Waals surface area (Å²) in [6.45, 7) is 7.78. The van der Waals surface area contributed by atoms with Gasteiger partial charge in [0.25, 0.3) is 0 Å². The molecule has 262 valence electrons. The zero-order valence-corrected chi connectivity index (χ0v) is 28.1. The van der Waals surface area contributed by atoms with Gasteiger partial charge in [0.1, 0.15) is 48.6 Å². The minimum Gasteiger partial charge on any atom is -0.488 e. The number of ether oxygens (including phenoxy) is 3. The van der Waals surface area contributed by atoms with E-state index < -0.39 is 23.5 Å². The number of piperazine rings is 1. The highest BCUT2D eigenvalue weighted by Crippen LogP contribution is 2.37. The van der Waals surface area contributed by atoms with E-state index >= 15 is 0 Å². The Morgan fingerprint density at radius 1 is 0.880 bits per heavy atom. The maximum atomic E-state index is 14.9. The Bertz CT molecular complexity index is 1920. The molecule has 2 aliphatic heterocycles. The minimum absolute atomic E-state index is 0.0304. The van der Waals surface area contributed by atoms with Crippen molar-refractivity contribution in [1.82, 2.24) is 29.1 Å². The van der Waals surface area contributed by atoms with E-state index in [0.29, 0.717) is 5.75 Å². The smallest absolute Gasteiger partial charge is 0.350 e. The topological polar surface area (TPSA) is 105 Å². The second kappa shape index (κ2) is 14.4. The van der Waals surface area contributed by atoms with E-state index in [-0.39, 0.29) is 37.1 Å². The first-order valence-electron chi connectivity index (χ1n) is 16.9. The molecule has 0 radical (unpaired) electrons. The van der Waals surface area contributed by atoms with Gasteiger partial charge in [0, 0.05) is 49.2 Å². The van der Waals surface area contributed by atoms with Crippen LogP contribution in [0.2, 0.25) is 0 Å². The van der Waals surface area contributed by atoms with Crippen LogP contribution in [0.4, 0.5) is 20.2 Å². The first-order chi connectivity index (χ1) is 24.4. The Morgan fingerprint density at radius 3 is 2.16 bits per heavy atom. The van der Waals surface area contributed by atoms with E-state index in [4.69, 9.17) is 14.2 Å². The number of hydrogen-bond donors (Lipinski definition) is 0. The maximum Gasteiger partial charge on any atom is 0.350 e. The normalized spacial score (nSPS) is 19.4. The Labute approximate surface area is 288 Å². The predicted molar refractivity (Wildman–Crippen MR) is 183 cm³/mol. The standard InChI is InChI=1S/C36H40F2N8O4/c1-3-27(4-2)46-35(47)45(25-41-46)30-8-6-28(7-9-30)42-15-17-43(18-16-42)29-10-12-31(13-11-29)48-20-34-49-22-36(50-34,21-44-24-39-23-40-44)32-14-5-26(37)19-33(32)38/h5-14,19,23-25,27,34H,3-4,15-18,20-22H2,1-2H3/t34-,36?/m0/s1. The van der Waals surface area contributed by atoms with Crippen molar-refractivity contribution in [2.45, 2.75) is 51.2 Å². The molecule has 3 aromatic carbocycles. The number of anilines is 2. The van der Waals surface area contributed by atoms with Crippen molar-refractivity contribution < 1.29 is 23.0 Å². The van der Waals surface area contributed by atoms with Gasteiger partial charge < -0.3 is 24.0 Å². The Hall–Kier alpha value is -5.08. The molecule has 14 heteroatoms. The first-order valence-corrected chi connectivity index (χ1v) is 16.9. The molecule has 2 aromatic heterocycles. The van der Waals surface area contributed by atoms with Crippen LogP contribution in [0.3, 0.4) is 0 Å². The molecule has 0 saturated carbocycles. The largest absolute Gasteiger partial charge is 0.488 e. The van der Waals surface area contributed by atoms with Crippen LogP contribution in [-0.2, 0) is 21.6 Å². The zero-order chi connectivity index (χ0) is 34.7. The summed E-state index contributed by atoms with van der Waals surface area (Å²) < 4.78 is 51.4. The number of benzene rings is 3. The summed E-state index contributed by atoms with van der Waals surface area (Å²) in [4.78, 5) is 21.6. The average Bonchev–Trinajstić information content (AvgIpc) is 3.90. The lowest BCUT2D eigenvalue weighted by Gasteiger charge is -2.37. The lowest BCUT2D eigenvalue weighted by atomic mass is 9.94. The SMILES string of the molecule is CCC(CC)n1ncn(-c2ccc(N3CCN(c4ccc(OC[C@H]5OCC(Cn6cncn6)(c6ccc(F)cc6F)O5)cc4)CC3)cc2)c1=O. The van der Waals surface area contributed by atoms with Gasteiger partial charge in [0.2, 0.25) is 0 Å². The molecule has 7 rings (SSSR count). The molecule has 0 spiro atoms. The van der Waals surface area contributed by atoms with Crippen molar-refractivity contribution in [2.75, 3.05) is 49.2 Å². The molecule has 2 aliphatic rings.